The Bertz CT molecular complexity index is 177. The van der Waals surface area contributed by atoms with Gasteiger partial charge in [0.05, 0.1) is 37.5 Å². The molecule has 0 aromatic rings. The van der Waals surface area contributed by atoms with Crippen molar-refractivity contribution in [2.24, 2.45) is 0 Å². The van der Waals surface area contributed by atoms with Crippen LogP contribution in [0, 0.1) is 0 Å². The van der Waals surface area contributed by atoms with E-state index in [2.05, 4.69) is 0 Å². The van der Waals surface area contributed by atoms with Gasteiger partial charge in [0.2, 0.25) is 0 Å². The van der Waals surface area contributed by atoms with Gasteiger partial charge >= 0.3 is 0 Å². The van der Waals surface area contributed by atoms with Crippen LogP contribution in [0.5, 0.6) is 0 Å². The fraction of sp³-hybridized carbons (Fsp3) is 1.00. The van der Waals surface area contributed by atoms with Gasteiger partial charge in [-0.25, -0.2) is 0 Å². The number of hydrogen-bond donors (Lipinski definition) is 6. The second-order valence-electron chi connectivity index (χ2n) is 3.12. The number of nitrogens with one attached hydrogen (secondary N) is 1. The van der Waals surface area contributed by atoms with E-state index in [4.69, 9.17) is 11.6 Å². The van der Waals surface area contributed by atoms with Crippen molar-refractivity contribution in [1.29, 1.82) is 0 Å². The van der Waals surface area contributed by atoms with Gasteiger partial charge < -0.3 is 30.8 Å². The van der Waals surface area contributed by atoms with Crippen LogP contribution in [0.1, 0.15) is 0 Å². The summed E-state index contributed by atoms with van der Waals surface area (Å²) in [6, 6.07) is -1.99. The molecule has 0 aliphatic carbocycles. The van der Waals surface area contributed by atoms with E-state index < -0.39 is 43.6 Å². The molecule has 0 aromatic carbocycles. The summed E-state index contributed by atoms with van der Waals surface area (Å²) in [6.07, 6.45) is -4.24. The van der Waals surface area contributed by atoms with E-state index in [-0.39, 0.29) is 0 Å². The molecule has 5 atom stereocenters. The quantitative estimate of drug-likeness (QED) is 0.271. The standard InChI is InChI=1S/C7H15NO5/c9-1-3-5(11)7(13)6(12)4(2-10)8-3/h3-13H,1-2H2/t3-,4-,5-,6+,7?/m1/s1/i/hD. The fourth-order valence-corrected chi connectivity index (χ4v) is 1.39. The Balaban J connectivity index is 2.82. The molecule has 0 amide bonds. The van der Waals surface area contributed by atoms with E-state index in [1.54, 1.807) is 0 Å². The van der Waals surface area contributed by atoms with Crippen LogP contribution in [0.15, 0.2) is 0 Å². The molecule has 6 heteroatoms. The van der Waals surface area contributed by atoms with E-state index in [1.165, 1.54) is 0 Å². The lowest BCUT2D eigenvalue weighted by Crippen LogP contribution is -2.66. The average Bonchev–Trinajstić information content (AvgIpc) is 2.16. The molecule has 1 aliphatic heterocycles. The molecule has 0 saturated carbocycles. The largest absolute Gasteiger partial charge is 0.395 e. The predicted molar refractivity (Wildman–Crippen MR) is 42.9 cm³/mol. The number of hydrogen-bond acceptors (Lipinski definition) is 6. The van der Waals surface area contributed by atoms with Gasteiger partial charge in [0.1, 0.15) is 7.52 Å². The Morgan fingerprint density at radius 2 is 1.31 bits per heavy atom. The first-order valence-corrected chi connectivity index (χ1v) is 4.07. The lowest BCUT2D eigenvalue weighted by Gasteiger charge is -2.40. The van der Waals surface area contributed by atoms with Crippen LogP contribution in [-0.2, 0) is 0 Å². The highest BCUT2D eigenvalue weighted by Crippen LogP contribution is 2.14. The first-order chi connectivity index (χ1) is 6.54. The fourth-order valence-electron chi connectivity index (χ4n) is 1.39. The molecule has 0 aromatic heterocycles. The molecular formula is C7H15NO5. The lowest BCUT2D eigenvalue weighted by atomic mass is 9.91. The van der Waals surface area contributed by atoms with Gasteiger partial charge in [0, 0.05) is 0 Å². The maximum Gasteiger partial charge on any atom is 0.123 e. The van der Waals surface area contributed by atoms with Gasteiger partial charge in [0.25, 0.3) is 0 Å². The van der Waals surface area contributed by atoms with Gasteiger partial charge in [-0.15, -0.1) is 0 Å². The SMILES string of the molecule is [2H]N1[C@H](CO)[C@H](O)C(O)[C@H](O)[C@H]1CO. The van der Waals surface area contributed by atoms with Crippen LogP contribution in [-0.4, -0.2) is 69.1 Å². The average molecular weight is 194 g/mol. The number of piperidine rings is 1. The van der Waals surface area contributed by atoms with Gasteiger partial charge in [-0.2, -0.15) is 0 Å². The van der Waals surface area contributed by atoms with E-state index in [1.807, 2.05) is 0 Å². The van der Waals surface area contributed by atoms with Crippen molar-refractivity contribution in [3.05, 3.63) is 0 Å². The summed E-state index contributed by atoms with van der Waals surface area (Å²) >= 11 is 0. The summed E-state index contributed by atoms with van der Waals surface area (Å²) in [4.78, 5) is 0. The zero-order chi connectivity index (χ0) is 10.9. The summed E-state index contributed by atoms with van der Waals surface area (Å²) in [5.74, 6) is 0. The molecule has 1 saturated heterocycles. The van der Waals surface area contributed by atoms with Crippen LogP contribution < -0.4 is 5.31 Å². The summed E-state index contributed by atoms with van der Waals surface area (Å²) in [6.45, 7) is -1.05. The zero-order valence-corrected chi connectivity index (χ0v) is 6.98. The highest BCUT2D eigenvalue weighted by molar-refractivity contribution is 4.97. The van der Waals surface area contributed by atoms with E-state index in [0.717, 1.165) is 5.31 Å². The maximum atomic E-state index is 9.38. The summed E-state index contributed by atoms with van der Waals surface area (Å²) in [5, 5.41) is 46.5. The van der Waals surface area contributed by atoms with Gasteiger partial charge in [-0.1, -0.05) is 0 Å². The molecule has 6 N–H and O–H groups in total. The minimum absolute atomic E-state index is 0.523. The highest BCUT2D eigenvalue weighted by Gasteiger charge is 2.41. The predicted octanol–water partition coefficient (Wildman–Crippen LogP) is -3.61. The topological polar surface area (TPSA) is 113 Å². The second-order valence-corrected chi connectivity index (χ2v) is 3.12. The van der Waals surface area contributed by atoms with Gasteiger partial charge in [-0.05, 0) is 0 Å². The molecule has 0 spiro atoms. The Morgan fingerprint density at radius 3 is 1.62 bits per heavy atom. The van der Waals surface area contributed by atoms with Crippen LogP contribution in [0.25, 0.3) is 0 Å². The summed E-state index contributed by atoms with van der Waals surface area (Å²) in [5.41, 5.74) is 0. The van der Waals surface area contributed by atoms with Crippen molar-refractivity contribution >= 4 is 0 Å². The van der Waals surface area contributed by atoms with Gasteiger partial charge in [0.15, 0.2) is 0 Å². The first kappa shape index (κ1) is 9.32. The van der Waals surface area contributed by atoms with Crippen molar-refractivity contribution in [3.8, 4) is 0 Å². The zero-order valence-electron chi connectivity index (χ0n) is 7.98. The van der Waals surface area contributed by atoms with E-state index >= 15 is 0 Å². The van der Waals surface area contributed by atoms with E-state index in [9.17, 15) is 15.3 Å². The van der Waals surface area contributed by atoms with Gasteiger partial charge in [-0.3, -0.25) is 0 Å². The smallest absolute Gasteiger partial charge is 0.123 e. The maximum absolute atomic E-state index is 9.38. The van der Waals surface area contributed by atoms with Crippen molar-refractivity contribution in [2.45, 2.75) is 30.4 Å². The molecule has 6 nitrogen and oxygen atoms in total. The normalized spacial score (nSPS) is 49.0. The molecule has 78 valence electrons. The van der Waals surface area contributed by atoms with E-state index in [0.29, 0.717) is 0 Å². The minimum atomic E-state index is -1.45. The Kier molecular flexibility index (Phi) is 3.09. The molecule has 13 heavy (non-hydrogen) atoms. The first-order valence-electron chi connectivity index (χ1n) is 4.52. The Labute approximate surface area is 76.9 Å². The third kappa shape index (κ3) is 1.98. The second kappa shape index (κ2) is 4.32. The number of aliphatic hydroxyl groups excluding tert-OH is 5. The molecule has 0 bridgehead atoms. The summed E-state index contributed by atoms with van der Waals surface area (Å²) in [7, 11) is 0. The number of rotatable bonds is 2. The van der Waals surface area contributed by atoms with Crippen LogP contribution >= 0.6 is 0 Å². The highest BCUT2D eigenvalue weighted by atomic mass is 16.4. The third-order valence-electron chi connectivity index (χ3n) is 2.25. The van der Waals surface area contributed by atoms with Crippen LogP contribution in [0.3, 0.4) is 0 Å². The molecule has 1 rings (SSSR count). The van der Waals surface area contributed by atoms with Crippen molar-refractivity contribution in [1.82, 2.24) is 5.31 Å². The Morgan fingerprint density at radius 1 is 0.923 bits per heavy atom. The third-order valence-corrected chi connectivity index (χ3v) is 2.25. The van der Waals surface area contributed by atoms with Crippen molar-refractivity contribution < 1.29 is 26.9 Å². The molecule has 1 fully saturated rings. The minimum Gasteiger partial charge on any atom is -0.395 e. The summed E-state index contributed by atoms with van der Waals surface area (Å²) < 4.78 is 7.42. The van der Waals surface area contributed by atoms with Crippen LogP contribution in [0.4, 0.5) is 0 Å². The molecule has 1 aliphatic rings. The molecule has 1 unspecified atom stereocenters. The van der Waals surface area contributed by atoms with Crippen molar-refractivity contribution in [2.75, 3.05) is 13.2 Å². The lowest BCUT2D eigenvalue weighted by molar-refractivity contribution is -0.125. The molecular weight excluding hydrogens is 178 g/mol. The monoisotopic (exact) mass is 194 g/mol. The molecule has 0 radical (unpaired) electrons. The Hall–Kier alpha value is -0.240. The van der Waals surface area contributed by atoms with Crippen LogP contribution in [0.2, 0.25) is 1.41 Å². The number of aliphatic hydroxyl groups is 5. The van der Waals surface area contributed by atoms with Crippen molar-refractivity contribution in [3.63, 3.8) is 0 Å². The molecule has 1 heterocycles.